The number of halogens is 2. The molecule has 0 atom stereocenters. The SMILES string of the molecule is CS(=O)(=O)CCCn1c(Cn2c(=O)n(C3CC3)c3c(Cl)cncc32)cc2cc(Cl)ccc21. The highest BCUT2D eigenvalue weighted by molar-refractivity contribution is 7.90. The van der Waals surface area contributed by atoms with Gasteiger partial charge in [-0.25, -0.2) is 13.2 Å². The largest absolute Gasteiger partial charge is 0.343 e. The van der Waals surface area contributed by atoms with Crippen LogP contribution in [0.4, 0.5) is 0 Å². The molecule has 0 unspecified atom stereocenters. The average Bonchev–Trinajstić information content (AvgIpc) is 3.44. The van der Waals surface area contributed by atoms with Crippen LogP contribution >= 0.6 is 23.2 Å². The molecular formula is C22H22Cl2N4O3S. The summed E-state index contributed by atoms with van der Waals surface area (Å²) in [5.41, 5.74) is 3.15. The zero-order chi connectivity index (χ0) is 22.6. The van der Waals surface area contributed by atoms with Crippen LogP contribution in [0, 0.1) is 0 Å². The van der Waals surface area contributed by atoms with Crippen LogP contribution in [-0.4, -0.2) is 39.1 Å². The second-order valence-corrected chi connectivity index (χ2v) is 11.5. The molecule has 0 N–H and O–H groups in total. The number of aryl methyl sites for hydroxylation is 1. The fourth-order valence-corrected chi connectivity index (χ4v) is 5.43. The van der Waals surface area contributed by atoms with Gasteiger partial charge in [0.1, 0.15) is 9.84 Å². The fraction of sp³-hybridized carbons (Fsp3) is 0.364. The summed E-state index contributed by atoms with van der Waals surface area (Å²) >= 11 is 12.6. The minimum absolute atomic E-state index is 0.0974. The van der Waals surface area contributed by atoms with E-state index in [1.807, 2.05) is 24.3 Å². The van der Waals surface area contributed by atoms with Gasteiger partial charge in [0.25, 0.3) is 0 Å². The third kappa shape index (κ3) is 3.95. The lowest BCUT2D eigenvalue weighted by atomic mass is 10.2. The number of sulfone groups is 1. The maximum Gasteiger partial charge on any atom is 0.329 e. The predicted octanol–water partition coefficient (Wildman–Crippen LogP) is 4.28. The van der Waals surface area contributed by atoms with Crippen LogP contribution in [0.5, 0.6) is 0 Å². The van der Waals surface area contributed by atoms with Crippen molar-refractivity contribution >= 4 is 55.0 Å². The van der Waals surface area contributed by atoms with Crippen molar-refractivity contribution in [3.63, 3.8) is 0 Å². The lowest BCUT2D eigenvalue weighted by molar-refractivity contribution is 0.587. The van der Waals surface area contributed by atoms with Crippen molar-refractivity contribution in [2.24, 2.45) is 0 Å². The molecule has 0 aliphatic heterocycles. The Bertz CT molecular complexity index is 1510. The number of imidazole rings is 1. The zero-order valence-electron chi connectivity index (χ0n) is 17.5. The van der Waals surface area contributed by atoms with Crippen molar-refractivity contribution in [3.05, 3.63) is 62.9 Å². The van der Waals surface area contributed by atoms with Gasteiger partial charge in [0.05, 0.1) is 34.6 Å². The Balaban J connectivity index is 1.62. The Kier molecular flexibility index (Phi) is 5.34. The third-order valence-corrected chi connectivity index (χ3v) is 7.44. The van der Waals surface area contributed by atoms with Crippen molar-refractivity contribution in [1.29, 1.82) is 0 Å². The van der Waals surface area contributed by atoms with Gasteiger partial charge in [0.15, 0.2) is 0 Å². The molecule has 168 valence electrons. The van der Waals surface area contributed by atoms with E-state index in [4.69, 9.17) is 23.2 Å². The Morgan fingerprint density at radius 3 is 2.59 bits per heavy atom. The molecule has 0 amide bonds. The molecule has 1 aliphatic rings. The fourth-order valence-electron chi connectivity index (χ4n) is 4.35. The summed E-state index contributed by atoms with van der Waals surface area (Å²) in [4.78, 5) is 17.6. The van der Waals surface area contributed by atoms with E-state index in [1.165, 1.54) is 6.26 Å². The first-order valence-electron chi connectivity index (χ1n) is 10.4. The lowest BCUT2D eigenvalue weighted by Crippen LogP contribution is -2.25. The first kappa shape index (κ1) is 21.6. The summed E-state index contributed by atoms with van der Waals surface area (Å²) in [7, 11) is -3.06. The number of aromatic nitrogens is 4. The van der Waals surface area contributed by atoms with Crippen molar-refractivity contribution in [2.45, 2.75) is 38.4 Å². The normalized spacial score (nSPS) is 14.6. The van der Waals surface area contributed by atoms with E-state index in [-0.39, 0.29) is 17.5 Å². The van der Waals surface area contributed by atoms with Crippen molar-refractivity contribution < 1.29 is 8.42 Å². The number of hydrogen-bond donors (Lipinski definition) is 0. The highest BCUT2D eigenvalue weighted by Gasteiger charge is 2.30. The summed E-state index contributed by atoms with van der Waals surface area (Å²) in [5, 5.41) is 2.03. The minimum atomic E-state index is -3.06. The zero-order valence-corrected chi connectivity index (χ0v) is 19.8. The highest BCUT2D eigenvalue weighted by atomic mass is 35.5. The minimum Gasteiger partial charge on any atom is -0.343 e. The van der Waals surface area contributed by atoms with Gasteiger partial charge in [-0.05, 0) is 43.5 Å². The number of benzene rings is 1. The van der Waals surface area contributed by atoms with Gasteiger partial charge < -0.3 is 4.57 Å². The Hall–Kier alpha value is -2.29. The molecule has 0 saturated heterocycles. The molecule has 1 saturated carbocycles. The van der Waals surface area contributed by atoms with E-state index in [0.717, 1.165) is 35.0 Å². The van der Waals surface area contributed by atoms with E-state index in [9.17, 15) is 13.2 Å². The van der Waals surface area contributed by atoms with Crippen LogP contribution in [0.2, 0.25) is 10.0 Å². The highest BCUT2D eigenvalue weighted by Crippen LogP contribution is 2.38. The maximum atomic E-state index is 13.4. The van der Waals surface area contributed by atoms with Crippen molar-refractivity contribution in [1.82, 2.24) is 18.7 Å². The molecule has 7 nitrogen and oxygen atoms in total. The van der Waals surface area contributed by atoms with Gasteiger partial charge in [-0.15, -0.1) is 0 Å². The van der Waals surface area contributed by atoms with E-state index >= 15 is 0 Å². The molecule has 5 rings (SSSR count). The van der Waals surface area contributed by atoms with Gasteiger partial charge in [0.2, 0.25) is 0 Å². The van der Waals surface area contributed by atoms with Crippen LogP contribution in [0.3, 0.4) is 0 Å². The first-order valence-corrected chi connectivity index (χ1v) is 13.2. The van der Waals surface area contributed by atoms with E-state index < -0.39 is 9.84 Å². The average molecular weight is 493 g/mol. The summed E-state index contributed by atoms with van der Waals surface area (Å²) in [6.07, 6.45) is 6.88. The van der Waals surface area contributed by atoms with Crippen LogP contribution in [0.1, 0.15) is 31.0 Å². The van der Waals surface area contributed by atoms with Crippen LogP contribution in [-0.2, 0) is 22.9 Å². The molecular weight excluding hydrogens is 471 g/mol. The molecule has 32 heavy (non-hydrogen) atoms. The van der Waals surface area contributed by atoms with Gasteiger partial charge >= 0.3 is 5.69 Å². The Morgan fingerprint density at radius 2 is 1.88 bits per heavy atom. The summed E-state index contributed by atoms with van der Waals surface area (Å²) in [6.45, 7) is 0.838. The maximum absolute atomic E-state index is 13.4. The molecule has 1 aromatic carbocycles. The number of rotatable bonds is 7. The Labute approximate surface area is 195 Å². The standard InChI is InChI=1S/C22H22Cl2N4O3S/c1-32(30,31)8-2-7-26-17(10-14-9-15(23)3-6-19(14)26)13-27-20-12-25-11-18(24)21(20)28(22(27)29)16-4-5-16/h3,6,9-12,16H,2,4-5,7-8,13H2,1H3. The first-order chi connectivity index (χ1) is 15.2. The molecule has 4 aromatic rings. The summed E-state index contributed by atoms with van der Waals surface area (Å²) in [6, 6.07) is 7.80. The van der Waals surface area contributed by atoms with E-state index in [1.54, 1.807) is 21.5 Å². The second-order valence-electron chi connectivity index (χ2n) is 8.43. The van der Waals surface area contributed by atoms with Gasteiger partial charge in [-0.3, -0.25) is 14.1 Å². The van der Waals surface area contributed by atoms with Crippen LogP contribution < -0.4 is 5.69 Å². The van der Waals surface area contributed by atoms with Gasteiger partial charge in [0, 0.05) is 46.7 Å². The number of pyridine rings is 1. The molecule has 0 bridgehead atoms. The van der Waals surface area contributed by atoms with Crippen molar-refractivity contribution in [3.8, 4) is 0 Å². The predicted molar refractivity (Wildman–Crippen MR) is 128 cm³/mol. The van der Waals surface area contributed by atoms with Crippen LogP contribution in [0.15, 0.2) is 41.5 Å². The lowest BCUT2D eigenvalue weighted by Gasteiger charge is -2.11. The molecule has 3 aromatic heterocycles. The molecule has 1 fully saturated rings. The Morgan fingerprint density at radius 1 is 1.09 bits per heavy atom. The monoisotopic (exact) mass is 492 g/mol. The molecule has 3 heterocycles. The molecule has 0 radical (unpaired) electrons. The van der Waals surface area contributed by atoms with E-state index in [0.29, 0.717) is 35.1 Å². The molecule has 1 aliphatic carbocycles. The van der Waals surface area contributed by atoms with Crippen molar-refractivity contribution in [2.75, 3.05) is 12.0 Å². The quantitative estimate of drug-likeness (QED) is 0.385. The van der Waals surface area contributed by atoms with Crippen LogP contribution in [0.25, 0.3) is 21.9 Å². The smallest absolute Gasteiger partial charge is 0.329 e. The van der Waals surface area contributed by atoms with E-state index in [2.05, 4.69) is 9.55 Å². The molecule has 10 heteroatoms. The molecule has 0 spiro atoms. The second kappa shape index (κ2) is 7.93. The van der Waals surface area contributed by atoms with Gasteiger partial charge in [-0.2, -0.15) is 0 Å². The topological polar surface area (TPSA) is 78.9 Å². The third-order valence-electron chi connectivity index (χ3n) is 5.90. The summed E-state index contributed by atoms with van der Waals surface area (Å²) < 4.78 is 28.8. The number of fused-ring (bicyclic) bond motifs is 2. The number of hydrogen-bond acceptors (Lipinski definition) is 4. The number of nitrogens with zero attached hydrogens (tertiary/aromatic N) is 4. The van der Waals surface area contributed by atoms with Gasteiger partial charge in [-0.1, -0.05) is 23.2 Å². The summed E-state index contributed by atoms with van der Waals surface area (Å²) in [5.74, 6) is 0.0974.